The number of epoxide rings is 1. The number of halogens is 14. The smallest absolute Gasteiger partial charge is 1.00 e. The van der Waals surface area contributed by atoms with Crippen LogP contribution in [0.2, 0.25) is 0 Å². The summed E-state index contributed by atoms with van der Waals surface area (Å²) >= 11 is 5.84. The van der Waals surface area contributed by atoms with Crippen LogP contribution in [0.1, 0.15) is 131 Å². The van der Waals surface area contributed by atoms with Gasteiger partial charge in [-0.3, -0.25) is 9.18 Å². The molecule has 23 nitrogen and oxygen atoms in total. The number of alkyl carbamates (subject to hydrolysis) is 2. The van der Waals surface area contributed by atoms with E-state index in [4.69, 9.17) is 32.8 Å². The fraction of sp³-hybridized carbons (Fsp3) is 0.500. The van der Waals surface area contributed by atoms with Crippen LogP contribution in [0, 0.1) is 23.7 Å². The minimum Gasteiger partial charge on any atom is -1.00 e. The molecule has 0 aromatic heterocycles. The number of carbonyl (C=O) groups is 3. The van der Waals surface area contributed by atoms with Crippen molar-refractivity contribution in [3.8, 4) is 0 Å². The zero-order chi connectivity index (χ0) is 105. The van der Waals surface area contributed by atoms with E-state index >= 15 is 0 Å². The number of fused-ring (bicyclic) bond motifs is 8. The second-order valence-electron chi connectivity index (χ2n) is 37.4. The Morgan fingerprint density at radius 2 is 0.731 bits per heavy atom. The number of anilines is 8. The van der Waals surface area contributed by atoms with Gasteiger partial charge in [0, 0.05) is 79.0 Å². The average Bonchev–Trinajstić information content (AvgIpc) is 1.19. The number of rotatable bonds is 21. The van der Waals surface area contributed by atoms with E-state index in [2.05, 4.69) is 47.6 Å². The van der Waals surface area contributed by atoms with Crippen LogP contribution in [0.15, 0.2) is 209 Å². The largest absolute Gasteiger partial charge is 1.00 e. The normalized spacial score (nSPS) is 17.6. The van der Waals surface area contributed by atoms with Crippen LogP contribution in [0.4, 0.5) is 112 Å². The number of β-amino-alcohol motifs (C(OH)–C–C–N with tert-alkyl or cyclic N) is 3. The summed E-state index contributed by atoms with van der Waals surface area (Å²) in [6, 6.07) is 45.9. The van der Waals surface area contributed by atoms with Crippen molar-refractivity contribution in [3.63, 3.8) is 0 Å². The van der Waals surface area contributed by atoms with Gasteiger partial charge in [-0.05, 0) is 297 Å². The van der Waals surface area contributed by atoms with Gasteiger partial charge in [0.2, 0.25) is 1.43 Å². The quantitative estimate of drug-likeness (QED) is 0.00829. The molecule has 9 heterocycles. The van der Waals surface area contributed by atoms with Gasteiger partial charge in [-0.1, -0.05) is 109 Å². The molecule has 2 amide bonds. The summed E-state index contributed by atoms with van der Waals surface area (Å²) < 4.78 is 197. The monoisotopic (exact) mass is 2190 g/mol. The maximum absolute atomic E-state index is 13.4. The van der Waals surface area contributed by atoms with Gasteiger partial charge < -0.3 is 102 Å². The number of piperidine rings is 4. The Hall–Kier alpha value is -5.42. The Morgan fingerprint density at radius 1 is 0.476 bits per heavy atom. The first kappa shape index (κ1) is 123. The van der Waals surface area contributed by atoms with Gasteiger partial charge in [-0.25, -0.2) is 9.59 Å². The fourth-order valence-corrected chi connectivity index (χ4v) is 21.7. The summed E-state index contributed by atoms with van der Waals surface area (Å²) in [5, 5.41) is 53.8. The van der Waals surface area contributed by atoms with Gasteiger partial charge in [0.05, 0.1) is 133 Å². The number of hydrogen-bond donors (Lipinski definition) is 8. The Bertz CT molecular complexity index is 5220. The second kappa shape index (κ2) is 59.7. The molecule has 5 fully saturated rings. The molecule has 4 atom stereocenters. The fourth-order valence-electron chi connectivity index (χ4n) is 17.4. The van der Waals surface area contributed by atoms with Crippen LogP contribution in [0.25, 0.3) is 0 Å². The minimum absolute atomic E-state index is 0. The van der Waals surface area contributed by atoms with Crippen molar-refractivity contribution in [2.45, 2.75) is 206 Å². The first-order chi connectivity index (χ1) is 68.3. The number of nitrogens with zero attached hydrogens (tertiary/aromatic N) is 7. The SMILES string of the molecule is CC(C)(C)OC(=O)NCC1CCN(CC(O)CN2c3ccccc3Sc3ccc(C(F)(F)F)cc32)CC1.CC(C)(C)OC(=O)NCC1CCN(CC(O)CN2c3ccccc3Sc3ccc(C(F)(F)F)cc32)CC1.CCC1CCNCC1.Cl.FC(F)(F)c1ccc2c(c1)N(CC1CO1)c1ccccc1S2.NCC1CCN(CC(O)CN2c3ccccc3Sc3ccc(C(F)(F)F)cc32)CC1.O=CO[O-].[2H]CF.[2H]OC.[H-].[K+].[K+]. The molecule has 8 aromatic rings. The van der Waals surface area contributed by atoms with Crippen LogP contribution in [0.5, 0.6) is 0 Å². The number of alkyl halides is 13. The topological polar surface area (TPSA) is 280 Å². The molecule has 0 bridgehead atoms. The molecule has 0 radical (unpaired) electrons. The summed E-state index contributed by atoms with van der Waals surface area (Å²) in [4.78, 5) is 56.0. The Labute approximate surface area is 953 Å². The van der Waals surface area contributed by atoms with Gasteiger partial charge in [0.15, 0.2) is 0 Å². The van der Waals surface area contributed by atoms with Crippen LogP contribution in [-0.4, -0.2) is 230 Å². The molecule has 43 heteroatoms. The standard InChI is InChI=1S/2C27H34F3N3O3S.C22H26F3N3OS.C16H12F3NOS.C7H15N.CH3F.CH2O3.CH4O.ClH.2K.H/c2*1-26(2,3)36-25(35)31-15-18-10-12-32(13-11-18)16-20(34)17-33-21-6-4-5-7-23(21)37-24-9-8-19(14-22(24)33)27(28,29)30;23-22(24,25)16-5-6-21-19(11-16)28(18-3-1-2-4-20(18)30-21)14-17(29)13-27-9-7-15(12-26)8-10-27;17-16(18,19)10-5-6-15-13(7-10)20(8-11-9-21-11)12-3-1-2-4-14(12)22-15;1-2-7-3-5-8-6-4-7;1-2;2-1-4-3;1-2;;;;/h2*4-9,14,18,20,34H,10-13,15-17H2,1-3H3,(H,31,35);1-6,11,15,17,29H,7-10,12-14,26H2;1-7,11H,8-9H2;7-8H,2-6H2,1H3;1H3;1,3H;2H,1H3;1H;;;/q;;;;;;;;;2*+1;-1/p-1/i;;;;;1D;;2D;;;;. The zero-order valence-electron chi connectivity index (χ0n) is 86.0. The van der Waals surface area contributed by atoms with E-state index in [-0.39, 0.29) is 149 Å². The molecule has 790 valence electrons. The summed E-state index contributed by atoms with van der Waals surface area (Å²) in [6.45, 7) is 25.4. The van der Waals surface area contributed by atoms with Crippen LogP contribution < -0.4 is 149 Å². The van der Waals surface area contributed by atoms with Crippen molar-refractivity contribution in [1.82, 2.24) is 30.7 Å². The molecule has 9 aliphatic rings. The van der Waals surface area contributed by atoms with Crippen molar-refractivity contribution in [2.75, 3.05) is 158 Å². The number of carbonyl (C=O) groups excluding carboxylic acids is 3. The van der Waals surface area contributed by atoms with Gasteiger partial charge in [-0.15, -0.1) is 12.4 Å². The number of ether oxygens (including phenoxy) is 3. The van der Waals surface area contributed by atoms with Crippen molar-refractivity contribution < 1.29 is 222 Å². The zero-order valence-corrected chi connectivity index (χ0v) is 93.4. The minimum atomic E-state index is -4.44. The molecule has 17 rings (SSSR count). The molecule has 4 unspecified atom stereocenters. The maximum Gasteiger partial charge on any atom is 1.00 e. The summed E-state index contributed by atoms with van der Waals surface area (Å²) in [5.41, 5.74) is 7.37. The van der Waals surface area contributed by atoms with E-state index in [0.29, 0.717) is 92.9 Å². The van der Waals surface area contributed by atoms with Gasteiger partial charge in [0.1, 0.15) is 11.2 Å². The van der Waals surface area contributed by atoms with E-state index < -0.39 is 95.8 Å². The van der Waals surface area contributed by atoms with Crippen LogP contribution >= 0.6 is 59.5 Å². The van der Waals surface area contributed by atoms with Crippen molar-refractivity contribution in [2.24, 2.45) is 29.4 Å². The third kappa shape index (κ3) is 39.3. The second-order valence-corrected chi connectivity index (χ2v) is 41.7. The first-order valence-corrected chi connectivity index (χ1v) is 50.4. The summed E-state index contributed by atoms with van der Waals surface area (Å²) in [5.74, 6) is 2.23. The third-order valence-electron chi connectivity index (χ3n) is 24.6. The number of para-hydroxylation sites is 4. The number of hydrogen-bond acceptors (Lipinski definition) is 25. The van der Waals surface area contributed by atoms with Crippen LogP contribution in [-0.2, 0) is 48.6 Å². The van der Waals surface area contributed by atoms with E-state index in [0.717, 1.165) is 170 Å². The maximum atomic E-state index is 13.4. The van der Waals surface area contributed by atoms with E-state index in [9.17, 15) is 82.0 Å². The third-order valence-corrected chi connectivity index (χ3v) is 29.1. The Balaban J connectivity index is 0.000000285. The molecule has 0 saturated carbocycles. The number of aliphatic hydroxyl groups is 4. The van der Waals surface area contributed by atoms with E-state index in [1.807, 2.05) is 148 Å². The van der Waals surface area contributed by atoms with Gasteiger partial charge >= 0.3 is 140 Å². The summed E-state index contributed by atoms with van der Waals surface area (Å²) in [6.07, 6.45) is -10.8. The van der Waals surface area contributed by atoms with Crippen molar-refractivity contribution >= 4 is 124 Å². The van der Waals surface area contributed by atoms with Gasteiger partial charge in [-0.2, -0.15) is 52.7 Å². The predicted octanol–water partition coefficient (Wildman–Crippen LogP) is 15.4. The summed E-state index contributed by atoms with van der Waals surface area (Å²) in [7, 11) is 0.292. The molecule has 145 heavy (non-hydrogen) atoms. The molecule has 5 saturated heterocycles. The van der Waals surface area contributed by atoms with Crippen LogP contribution in [0.3, 0.4) is 0 Å². The molecule has 0 spiro atoms. The van der Waals surface area contributed by atoms with Crippen molar-refractivity contribution in [3.05, 3.63) is 192 Å². The van der Waals surface area contributed by atoms with Crippen molar-refractivity contribution in [1.29, 1.82) is 1.43 Å². The number of benzene rings is 8. The molecular weight excluding hydrogens is 2060 g/mol. The molecule has 9 N–H and O–H groups in total. The molecule has 8 aromatic carbocycles. The van der Waals surface area contributed by atoms with E-state index in [1.165, 1.54) is 129 Å². The number of nitrogens with one attached hydrogen (secondary N) is 3. The molecule has 9 aliphatic heterocycles. The molecular formula is C102H131ClF13K2N11O12S4. The molecule has 0 aliphatic carbocycles. The number of likely N-dealkylation sites (tertiary alicyclic amines) is 3. The Kier molecular flexibility index (Phi) is 50.7. The predicted molar refractivity (Wildman–Crippen MR) is 535 cm³/mol. The number of aliphatic hydroxyl groups excluding tert-OH is 4. The first-order valence-electron chi connectivity index (χ1n) is 48.2. The number of nitrogens with two attached hydrogens (primary N) is 1. The van der Waals surface area contributed by atoms with Gasteiger partial charge in [0.25, 0.3) is 6.47 Å². The average molecular weight is 2190 g/mol. The van der Waals surface area contributed by atoms with E-state index in [1.54, 1.807) is 15.9 Å². The number of amides is 2. The Morgan fingerprint density at radius 3 is 0.972 bits per heavy atom.